The van der Waals surface area contributed by atoms with E-state index in [0.29, 0.717) is 12.1 Å². The summed E-state index contributed by atoms with van der Waals surface area (Å²) in [4.78, 5) is 26.3. The van der Waals surface area contributed by atoms with E-state index in [1.165, 1.54) is 0 Å². The van der Waals surface area contributed by atoms with Crippen molar-refractivity contribution in [1.29, 1.82) is 0 Å². The fourth-order valence-electron chi connectivity index (χ4n) is 2.55. The van der Waals surface area contributed by atoms with Gasteiger partial charge in [-0.2, -0.15) is 0 Å². The van der Waals surface area contributed by atoms with Crippen LogP contribution in [0.1, 0.15) is 37.7 Å². The van der Waals surface area contributed by atoms with Crippen LogP contribution in [0.4, 0.5) is 5.69 Å². The Morgan fingerprint density at radius 1 is 1.15 bits per heavy atom. The van der Waals surface area contributed by atoms with E-state index < -0.39 is 0 Å². The number of nitrogens with one attached hydrogen (secondary N) is 2. The Balaban J connectivity index is 1.68. The number of hydrogen-bond donors (Lipinski definition) is 2. The van der Waals surface area contributed by atoms with Crippen LogP contribution < -0.4 is 10.8 Å². The number of amides is 1. The van der Waals surface area contributed by atoms with Crippen molar-refractivity contribution in [2.24, 2.45) is 0 Å². The lowest BCUT2D eigenvalue weighted by molar-refractivity contribution is 0.0224. The van der Waals surface area contributed by atoms with Crippen LogP contribution in [0.2, 0.25) is 0 Å². The average Bonchev–Trinajstić information content (AvgIpc) is 3.08. The van der Waals surface area contributed by atoms with Crippen LogP contribution in [0.5, 0.6) is 0 Å². The number of carbonyl (C=O) groups excluding carboxylic acids is 1. The third-order valence-corrected chi connectivity index (χ3v) is 4.98. The number of rotatable bonds is 7. The van der Waals surface area contributed by atoms with Crippen molar-refractivity contribution < 1.29 is 9.63 Å². The highest BCUT2D eigenvalue weighted by Gasteiger charge is 2.14. The summed E-state index contributed by atoms with van der Waals surface area (Å²) in [6, 6.07) is 7.73. The minimum absolute atomic E-state index is 0.237. The zero-order chi connectivity index (χ0) is 19.2. The van der Waals surface area contributed by atoms with E-state index in [9.17, 15) is 4.79 Å². The molecule has 0 unspecified atom stereocenters. The summed E-state index contributed by atoms with van der Waals surface area (Å²) >= 11 is 1.55. The molecule has 0 atom stereocenters. The molecule has 2 heterocycles. The molecular weight excluding hydrogens is 360 g/mol. The maximum atomic E-state index is 12.6. The molecule has 0 aliphatic rings. The number of carbonyl (C=O) groups is 1. The van der Waals surface area contributed by atoms with Gasteiger partial charge < -0.3 is 5.32 Å². The second-order valence-corrected chi connectivity index (χ2v) is 7.33. The first-order valence-electron chi connectivity index (χ1n) is 8.60. The summed E-state index contributed by atoms with van der Waals surface area (Å²) in [6.07, 6.45) is 3.50. The van der Waals surface area contributed by atoms with Gasteiger partial charge in [-0.1, -0.05) is 0 Å². The normalized spacial score (nSPS) is 10.6. The lowest BCUT2D eigenvalue weighted by Gasteiger charge is -2.15. The fraction of sp³-hybridized carbons (Fsp3) is 0.250. The van der Waals surface area contributed by atoms with Crippen LogP contribution >= 0.6 is 11.3 Å². The molecule has 2 aromatic heterocycles. The summed E-state index contributed by atoms with van der Waals surface area (Å²) in [5.74, 6) is -0.290. The molecule has 2 N–H and O–H groups in total. The molecule has 3 rings (SSSR count). The maximum absolute atomic E-state index is 12.6. The van der Waals surface area contributed by atoms with Crippen molar-refractivity contribution >= 4 is 22.9 Å². The van der Waals surface area contributed by atoms with Gasteiger partial charge in [0.05, 0.1) is 16.3 Å². The van der Waals surface area contributed by atoms with Crippen LogP contribution in [0.3, 0.4) is 0 Å². The van der Waals surface area contributed by atoms with Crippen LogP contribution in [-0.2, 0) is 18.0 Å². The molecule has 0 saturated heterocycles. The number of benzene rings is 1. The van der Waals surface area contributed by atoms with Crippen molar-refractivity contribution in [3.8, 4) is 0 Å². The highest BCUT2D eigenvalue weighted by atomic mass is 32.1. The zero-order valence-electron chi connectivity index (χ0n) is 15.6. The number of nitrogens with zero attached hydrogens (tertiary/aromatic N) is 2. The van der Waals surface area contributed by atoms with Gasteiger partial charge in [0.2, 0.25) is 0 Å². The molecule has 0 radical (unpaired) electrons. The number of thiazole rings is 1. The van der Waals surface area contributed by atoms with Crippen LogP contribution in [-0.4, -0.2) is 15.9 Å². The second kappa shape index (κ2) is 8.75. The molecule has 6 nitrogen and oxygen atoms in total. The predicted octanol–water partition coefficient (Wildman–Crippen LogP) is 3.94. The monoisotopic (exact) mass is 382 g/mol. The molecule has 0 aliphatic heterocycles. The van der Waals surface area contributed by atoms with Crippen molar-refractivity contribution in [1.82, 2.24) is 15.4 Å². The van der Waals surface area contributed by atoms with E-state index in [-0.39, 0.29) is 12.5 Å². The Kier molecular flexibility index (Phi) is 6.16. The number of pyridine rings is 1. The van der Waals surface area contributed by atoms with Gasteiger partial charge in [0.1, 0.15) is 6.61 Å². The van der Waals surface area contributed by atoms with Crippen LogP contribution in [0.25, 0.3) is 0 Å². The van der Waals surface area contributed by atoms with Gasteiger partial charge in [-0.25, -0.2) is 10.5 Å². The average molecular weight is 382 g/mol. The van der Waals surface area contributed by atoms with Crippen molar-refractivity contribution in [3.05, 3.63) is 75.0 Å². The van der Waals surface area contributed by atoms with Crippen molar-refractivity contribution in [2.45, 2.75) is 33.9 Å². The Morgan fingerprint density at radius 3 is 2.59 bits per heavy atom. The van der Waals surface area contributed by atoms with Gasteiger partial charge in [0.25, 0.3) is 5.91 Å². The number of hydrogen-bond acceptors (Lipinski definition) is 6. The first-order chi connectivity index (χ1) is 13.0. The summed E-state index contributed by atoms with van der Waals surface area (Å²) in [7, 11) is 0. The summed E-state index contributed by atoms with van der Waals surface area (Å²) < 4.78 is 0. The number of hydroxylamine groups is 1. The molecule has 0 fully saturated rings. The minimum atomic E-state index is -0.290. The largest absolute Gasteiger partial charge is 0.380 e. The molecule has 0 saturated carbocycles. The SMILES string of the molecule is Cc1nc(CONC(=O)c2cc(C)c(C)cc2NCc2ccncc2)cs1. The zero-order valence-corrected chi connectivity index (χ0v) is 16.4. The van der Waals surface area contributed by atoms with E-state index in [0.717, 1.165) is 33.1 Å². The number of aromatic nitrogens is 2. The summed E-state index contributed by atoms with van der Waals surface area (Å²) in [5, 5.41) is 6.22. The predicted molar refractivity (Wildman–Crippen MR) is 107 cm³/mol. The number of aryl methyl sites for hydroxylation is 3. The van der Waals surface area contributed by atoms with Gasteiger partial charge in [-0.15, -0.1) is 11.3 Å². The minimum Gasteiger partial charge on any atom is -0.380 e. The highest BCUT2D eigenvalue weighted by molar-refractivity contribution is 7.09. The summed E-state index contributed by atoms with van der Waals surface area (Å²) in [5.41, 5.74) is 7.87. The van der Waals surface area contributed by atoms with Crippen molar-refractivity contribution in [3.63, 3.8) is 0 Å². The Labute approximate surface area is 162 Å². The maximum Gasteiger partial charge on any atom is 0.276 e. The molecule has 0 spiro atoms. The molecule has 27 heavy (non-hydrogen) atoms. The van der Waals surface area contributed by atoms with Gasteiger partial charge in [-0.3, -0.25) is 14.6 Å². The van der Waals surface area contributed by atoms with E-state index in [1.807, 2.05) is 50.4 Å². The quantitative estimate of drug-likeness (QED) is 0.606. The number of anilines is 1. The molecule has 3 aromatic rings. The molecule has 7 heteroatoms. The lowest BCUT2D eigenvalue weighted by atomic mass is 10.0. The van der Waals surface area contributed by atoms with E-state index in [2.05, 4.69) is 20.8 Å². The smallest absolute Gasteiger partial charge is 0.276 e. The van der Waals surface area contributed by atoms with Crippen molar-refractivity contribution in [2.75, 3.05) is 5.32 Å². The third kappa shape index (κ3) is 5.12. The Bertz CT molecular complexity index is 925. The van der Waals surface area contributed by atoms with E-state index in [4.69, 9.17) is 4.84 Å². The van der Waals surface area contributed by atoms with Crippen LogP contribution in [0.15, 0.2) is 42.0 Å². The summed E-state index contributed by atoms with van der Waals surface area (Å²) in [6.45, 7) is 6.78. The van der Waals surface area contributed by atoms with E-state index in [1.54, 1.807) is 23.7 Å². The highest BCUT2D eigenvalue weighted by Crippen LogP contribution is 2.22. The first-order valence-corrected chi connectivity index (χ1v) is 9.48. The third-order valence-electron chi connectivity index (χ3n) is 4.16. The molecule has 1 amide bonds. The lowest BCUT2D eigenvalue weighted by Crippen LogP contribution is -2.25. The molecule has 140 valence electrons. The second-order valence-electron chi connectivity index (χ2n) is 6.27. The first kappa shape index (κ1) is 19.0. The molecule has 1 aromatic carbocycles. The van der Waals surface area contributed by atoms with Crippen LogP contribution in [0, 0.1) is 20.8 Å². The standard InChI is InChI=1S/C20H22N4O2S/c1-13-8-18(20(25)24-26-11-17-12-27-15(3)23-17)19(9-14(13)2)22-10-16-4-6-21-7-5-16/h4-9,12,22H,10-11H2,1-3H3,(H,24,25). The van der Waals surface area contributed by atoms with Gasteiger partial charge in [0, 0.05) is 30.0 Å². The molecular formula is C20H22N4O2S. The topological polar surface area (TPSA) is 76.1 Å². The molecule has 0 aliphatic carbocycles. The van der Waals surface area contributed by atoms with Gasteiger partial charge >= 0.3 is 0 Å². The Hall–Kier alpha value is -2.77. The van der Waals surface area contributed by atoms with E-state index >= 15 is 0 Å². The molecule has 0 bridgehead atoms. The van der Waals surface area contributed by atoms with Gasteiger partial charge in [-0.05, 0) is 61.7 Å². The van der Waals surface area contributed by atoms with Gasteiger partial charge in [0.15, 0.2) is 0 Å². The fourth-order valence-corrected chi connectivity index (χ4v) is 3.15. The Morgan fingerprint density at radius 2 is 1.89 bits per heavy atom.